The molecular weight excluding hydrogens is 266 g/mol. The highest BCUT2D eigenvalue weighted by Gasteiger charge is 2.02. The third kappa shape index (κ3) is 4.42. The van der Waals surface area contributed by atoms with Crippen molar-refractivity contribution in [2.24, 2.45) is 0 Å². The maximum absolute atomic E-state index is 11.8. The summed E-state index contributed by atoms with van der Waals surface area (Å²) in [5.74, 6) is 0.827. The van der Waals surface area contributed by atoms with E-state index >= 15 is 0 Å². The molecule has 108 valence electrons. The number of benzene rings is 1. The van der Waals surface area contributed by atoms with Gasteiger partial charge >= 0.3 is 0 Å². The van der Waals surface area contributed by atoms with E-state index in [1.54, 1.807) is 13.2 Å². The van der Waals surface area contributed by atoms with E-state index in [1.165, 1.54) is 6.08 Å². The average molecular weight is 283 g/mol. The molecule has 1 heterocycles. The standard InChI is InChI=1S/C16H17N3O2/c1-11-10-12(2)18-16(17-11)19-15(20)9-6-13-4-7-14(21-3)8-5-13/h4-10H,1-3H3,(H,17,18,19,20)/b9-6+. The molecule has 1 N–H and O–H groups in total. The monoisotopic (exact) mass is 283 g/mol. The van der Waals surface area contributed by atoms with E-state index in [4.69, 9.17) is 4.74 Å². The third-order valence-electron chi connectivity index (χ3n) is 2.76. The van der Waals surface area contributed by atoms with Gasteiger partial charge in [-0.1, -0.05) is 12.1 Å². The Morgan fingerprint density at radius 3 is 2.33 bits per heavy atom. The van der Waals surface area contributed by atoms with Crippen molar-refractivity contribution in [3.63, 3.8) is 0 Å². The molecule has 0 aliphatic heterocycles. The summed E-state index contributed by atoms with van der Waals surface area (Å²) in [6, 6.07) is 9.27. The first-order valence-electron chi connectivity index (χ1n) is 6.52. The summed E-state index contributed by atoms with van der Waals surface area (Å²) < 4.78 is 5.08. The minimum atomic E-state index is -0.268. The van der Waals surface area contributed by atoms with Crippen molar-refractivity contribution >= 4 is 17.9 Å². The van der Waals surface area contributed by atoms with Gasteiger partial charge in [0, 0.05) is 17.5 Å². The van der Waals surface area contributed by atoms with Crippen LogP contribution in [-0.4, -0.2) is 23.0 Å². The van der Waals surface area contributed by atoms with Crippen LogP contribution in [0.3, 0.4) is 0 Å². The lowest BCUT2D eigenvalue weighted by Gasteiger charge is -2.03. The lowest BCUT2D eigenvalue weighted by molar-refractivity contribution is -0.111. The van der Waals surface area contributed by atoms with Gasteiger partial charge in [0.05, 0.1) is 7.11 Å². The van der Waals surface area contributed by atoms with Gasteiger partial charge in [0.15, 0.2) is 0 Å². The normalized spacial score (nSPS) is 10.6. The highest BCUT2D eigenvalue weighted by molar-refractivity contribution is 6.00. The van der Waals surface area contributed by atoms with Crippen molar-refractivity contribution in [3.8, 4) is 5.75 Å². The van der Waals surface area contributed by atoms with Gasteiger partial charge in [-0.25, -0.2) is 9.97 Å². The van der Waals surface area contributed by atoms with Gasteiger partial charge in [0.2, 0.25) is 5.95 Å². The van der Waals surface area contributed by atoms with Gasteiger partial charge < -0.3 is 4.74 Å². The molecule has 0 aliphatic carbocycles. The highest BCUT2D eigenvalue weighted by Crippen LogP contribution is 2.12. The third-order valence-corrected chi connectivity index (χ3v) is 2.76. The van der Waals surface area contributed by atoms with Crippen LogP contribution in [-0.2, 0) is 4.79 Å². The van der Waals surface area contributed by atoms with E-state index in [-0.39, 0.29) is 5.91 Å². The van der Waals surface area contributed by atoms with E-state index in [0.717, 1.165) is 22.7 Å². The molecule has 2 aromatic rings. The maximum Gasteiger partial charge on any atom is 0.250 e. The Morgan fingerprint density at radius 2 is 1.76 bits per heavy atom. The topological polar surface area (TPSA) is 64.1 Å². The minimum Gasteiger partial charge on any atom is -0.497 e. The number of amides is 1. The van der Waals surface area contributed by atoms with E-state index < -0.39 is 0 Å². The second-order valence-electron chi connectivity index (χ2n) is 4.57. The number of ether oxygens (including phenoxy) is 1. The van der Waals surface area contributed by atoms with Crippen LogP contribution in [0.15, 0.2) is 36.4 Å². The van der Waals surface area contributed by atoms with E-state index in [1.807, 2.05) is 44.2 Å². The molecule has 2 rings (SSSR count). The average Bonchev–Trinajstić information content (AvgIpc) is 2.44. The Kier molecular flexibility index (Phi) is 4.66. The van der Waals surface area contributed by atoms with Crippen LogP contribution in [0.25, 0.3) is 6.08 Å². The number of nitrogens with zero attached hydrogens (tertiary/aromatic N) is 2. The van der Waals surface area contributed by atoms with Crippen molar-refractivity contribution in [3.05, 3.63) is 53.4 Å². The van der Waals surface area contributed by atoms with E-state index in [0.29, 0.717) is 5.95 Å². The van der Waals surface area contributed by atoms with Crippen molar-refractivity contribution in [2.75, 3.05) is 12.4 Å². The Bertz CT molecular complexity index is 643. The maximum atomic E-state index is 11.8. The quantitative estimate of drug-likeness (QED) is 0.876. The minimum absolute atomic E-state index is 0.268. The highest BCUT2D eigenvalue weighted by atomic mass is 16.5. The van der Waals surface area contributed by atoms with Gasteiger partial charge in [-0.2, -0.15) is 0 Å². The summed E-state index contributed by atoms with van der Waals surface area (Å²) in [4.78, 5) is 20.1. The number of methoxy groups -OCH3 is 1. The summed E-state index contributed by atoms with van der Waals surface area (Å²) in [6.07, 6.45) is 3.17. The van der Waals surface area contributed by atoms with E-state index in [9.17, 15) is 4.79 Å². The number of hydrogen-bond acceptors (Lipinski definition) is 4. The molecule has 21 heavy (non-hydrogen) atoms. The summed E-state index contributed by atoms with van der Waals surface area (Å²) in [6.45, 7) is 3.72. The van der Waals surface area contributed by atoms with Gasteiger partial charge in [-0.15, -0.1) is 0 Å². The number of aryl methyl sites for hydroxylation is 2. The van der Waals surface area contributed by atoms with Crippen molar-refractivity contribution in [1.82, 2.24) is 9.97 Å². The molecule has 5 nitrogen and oxygen atoms in total. The molecule has 1 amide bonds. The lowest BCUT2D eigenvalue weighted by Crippen LogP contribution is -2.11. The fraction of sp³-hybridized carbons (Fsp3) is 0.188. The SMILES string of the molecule is COc1ccc(/C=C/C(=O)Nc2nc(C)cc(C)n2)cc1. The molecule has 0 fully saturated rings. The van der Waals surface area contributed by atoms with Gasteiger partial charge in [0.25, 0.3) is 5.91 Å². The van der Waals surface area contributed by atoms with Crippen molar-refractivity contribution in [1.29, 1.82) is 0 Å². The molecular formula is C16H17N3O2. The number of carbonyl (C=O) groups excluding carboxylic acids is 1. The largest absolute Gasteiger partial charge is 0.497 e. The fourth-order valence-electron chi connectivity index (χ4n) is 1.82. The van der Waals surface area contributed by atoms with Gasteiger partial charge in [-0.3, -0.25) is 10.1 Å². The first-order valence-corrected chi connectivity index (χ1v) is 6.52. The predicted octanol–water partition coefficient (Wildman–Crippen LogP) is 2.75. The van der Waals surface area contributed by atoms with Crippen molar-refractivity contribution in [2.45, 2.75) is 13.8 Å². The number of hydrogen-bond donors (Lipinski definition) is 1. The predicted molar refractivity (Wildman–Crippen MR) is 82.2 cm³/mol. The molecule has 0 bridgehead atoms. The summed E-state index contributed by atoms with van der Waals surface area (Å²) in [5.41, 5.74) is 2.54. The molecule has 5 heteroatoms. The number of carbonyl (C=O) groups is 1. The van der Waals surface area contributed by atoms with Crippen LogP contribution >= 0.6 is 0 Å². The van der Waals surface area contributed by atoms with Gasteiger partial charge in [-0.05, 0) is 43.7 Å². The molecule has 0 saturated carbocycles. The zero-order valence-electron chi connectivity index (χ0n) is 12.3. The molecule has 0 radical (unpaired) electrons. The molecule has 1 aromatic heterocycles. The smallest absolute Gasteiger partial charge is 0.250 e. The zero-order chi connectivity index (χ0) is 15.2. The van der Waals surface area contributed by atoms with Crippen LogP contribution in [0, 0.1) is 13.8 Å². The Hall–Kier alpha value is -2.69. The van der Waals surface area contributed by atoms with Crippen LogP contribution < -0.4 is 10.1 Å². The second kappa shape index (κ2) is 6.65. The molecule has 0 saturated heterocycles. The Morgan fingerprint density at radius 1 is 1.14 bits per heavy atom. The fourth-order valence-corrected chi connectivity index (χ4v) is 1.82. The summed E-state index contributed by atoms with van der Waals surface area (Å²) in [5, 5.41) is 2.64. The Balaban J connectivity index is 2.01. The number of aromatic nitrogens is 2. The van der Waals surface area contributed by atoms with E-state index in [2.05, 4.69) is 15.3 Å². The molecule has 0 atom stereocenters. The molecule has 0 unspecified atom stereocenters. The Labute approximate surface area is 123 Å². The number of anilines is 1. The number of rotatable bonds is 4. The first-order chi connectivity index (χ1) is 10.1. The van der Waals surface area contributed by atoms with Crippen LogP contribution in [0.4, 0.5) is 5.95 Å². The summed E-state index contributed by atoms with van der Waals surface area (Å²) >= 11 is 0. The van der Waals surface area contributed by atoms with Crippen LogP contribution in [0.1, 0.15) is 17.0 Å². The van der Waals surface area contributed by atoms with Crippen LogP contribution in [0.2, 0.25) is 0 Å². The molecule has 0 aliphatic rings. The molecule has 1 aromatic carbocycles. The zero-order valence-corrected chi connectivity index (χ0v) is 12.3. The second-order valence-corrected chi connectivity index (χ2v) is 4.57. The lowest BCUT2D eigenvalue weighted by atomic mass is 10.2. The van der Waals surface area contributed by atoms with Crippen LogP contribution in [0.5, 0.6) is 5.75 Å². The van der Waals surface area contributed by atoms with Gasteiger partial charge in [0.1, 0.15) is 5.75 Å². The first kappa shape index (κ1) is 14.7. The number of nitrogens with one attached hydrogen (secondary N) is 1. The molecule has 0 spiro atoms. The van der Waals surface area contributed by atoms with Crippen molar-refractivity contribution < 1.29 is 9.53 Å². The summed E-state index contributed by atoms with van der Waals surface area (Å²) in [7, 11) is 1.61.